The topological polar surface area (TPSA) is 101 Å². The Balaban J connectivity index is 1.32. The standard InChI is InChI=1S/C28H35ClN6O3S/c1-3-37-25-16-20(38-21-14-15-35(2)18-21)12-13-23(25)32-28-30-17-22(29)27(33-28)31-24-10-6-7-11-26(24)39(36)34-19-8-4-5-9-19/h6-7,10-13,16-17,19,21,34H,3-5,8-9,14-15,18H2,1-2H3,(H2,30,31,32,33). The van der Waals surface area contributed by atoms with E-state index < -0.39 is 11.0 Å². The Morgan fingerprint density at radius 3 is 2.69 bits per heavy atom. The van der Waals surface area contributed by atoms with E-state index in [0.717, 1.165) is 38.1 Å². The first-order valence-corrected chi connectivity index (χ1v) is 15.0. The number of anilines is 4. The van der Waals surface area contributed by atoms with Gasteiger partial charge in [-0.2, -0.15) is 4.98 Å². The van der Waals surface area contributed by atoms with Gasteiger partial charge in [-0.25, -0.2) is 13.9 Å². The van der Waals surface area contributed by atoms with Crippen molar-refractivity contribution in [3.63, 3.8) is 0 Å². The molecule has 39 heavy (non-hydrogen) atoms. The lowest BCUT2D eigenvalue weighted by molar-refractivity contribution is 0.207. The first-order valence-electron chi connectivity index (χ1n) is 13.4. The van der Waals surface area contributed by atoms with E-state index in [2.05, 4.69) is 37.3 Å². The highest BCUT2D eigenvalue weighted by Gasteiger charge is 2.22. The van der Waals surface area contributed by atoms with Gasteiger partial charge in [0.15, 0.2) is 5.82 Å². The van der Waals surface area contributed by atoms with Crippen LogP contribution in [0.3, 0.4) is 0 Å². The van der Waals surface area contributed by atoms with E-state index in [1.165, 1.54) is 19.0 Å². The first-order chi connectivity index (χ1) is 19.0. The summed E-state index contributed by atoms with van der Waals surface area (Å²) < 4.78 is 28.4. The van der Waals surface area contributed by atoms with Crippen LogP contribution in [0.5, 0.6) is 11.5 Å². The van der Waals surface area contributed by atoms with Crippen molar-refractivity contribution in [2.24, 2.45) is 0 Å². The third kappa shape index (κ3) is 7.19. The molecular weight excluding hydrogens is 536 g/mol. The summed E-state index contributed by atoms with van der Waals surface area (Å²) in [5.74, 6) is 2.16. The first kappa shape index (κ1) is 27.6. The molecule has 0 spiro atoms. The summed E-state index contributed by atoms with van der Waals surface area (Å²) in [5.41, 5.74) is 1.38. The molecule has 1 aliphatic heterocycles. The number of nitrogens with one attached hydrogen (secondary N) is 3. The number of nitrogens with zero attached hydrogens (tertiary/aromatic N) is 3. The van der Waals surface area contributed by atoms with Crippen molar-refractivity contribution in [2.75, 3.05) is 37.4 Å². The number of para-hydroxylation sites is 1. The molecule has 2 aromatic carbocycles. The highest BCUT2D eigenvalue weighted by molar-refractivity contribution is 7.83. The molecule has 2 heterocycles. The second-order valence-corrected chi connectivity index (χ2v) is 11.5. The quantitative estimate of drug-likeness (QED) is 0.272. The molecule has 1 saturated heterocycles. The fourth-order valence-electron chi connectivity index (χ4n) is 4.89. The smallest absolute Gasteiger partial charge is 0.229 e. The molecule has 1 aliphatic carbocycles. The van der Waals surface area contributed by atoms with Crippen LogP contribution in [0.25, 0.3) is 0 Å². The van der Waals surface area contributed by atoms with E-state index in [-0.39, 0.29) is 12.1 Å². The van der Waals surface area contributed by atoms with E-state index in [4.69, 9.17) is 21.1 Å². The summed E-state index contributed by atoms with van der Waals surface area (Å²) in [6.45, 7) is 4.38. The Kier molecular flexibility index (Phi) is 9.18. The zero-order valence-electron chi connectivity index (χ0n) is 22.3. The number of likely N-dealkylation sites (N-methyl/N-ethyl adjacent to an activating group) is 1. The monoisotopic (exact) mass is 570 g/mol. The molecule has 2 aliphatic rings. The van der Waals surface area contributed by atoms with Crippen LogP contribution in [-0.4, -0.2) is 58.0 Å². The van der Waals surface area contributed by atoms with Gasteiger partial charge in [-0.3, -0.25) is 0 Å². The zero-order valence-corrected chi connectivity index (χ0v) is 23.9. The molecule has 9 nitrogen and oxygen atoms in total. The van der Waals surface area contributed by atoms with Gasteiger partial charge < -0.3 is 25.0 Å². The lowest BCUT2D eigenvalue weighted by atomic mass is 10.2. The average Bonchev–Trinajstić information content (AvgIpc) is 3.59. The number of aromatic nitrogens is 2. The number of hydrogen-bond acceptors (Lipinski definition) is 8. The van der Waals surface area contributed by atoms with E-state index in [1.54, 1.807) is 0 Å². The Hall–Kier alpha value is -2.92. The summed E-state index contributed by atoms with van der Waals surface area (Å²) in [7, 11) is 0.740. The van der Waals surface area contributed by atoms with Crippen molar-refractivity contribution >= 4 is 45.7 Å². The third-order valence-corrected chi connectivity index (χ3v) is 8.44. The molecule has 2 atom stereocenters. The second-order valence-electron chi connectivity index (χ2n) is 9.89. The maximum Gasteiger partial charge on any atom is 0.229 e. The molecule has 208 valence electrons. The van der Waals surface area contributed by atoms with Gasteiger partial charge >= 0.3 is 0 Å². The summed E-state index contributed by atoms with van der Waals surface area (Å²) in [6, 6.07) is 13.4. The Morgan fingerprint density at radius 1 is 1.10 bits per heavy atom. The van der Waals surface area contributed by atoms with Gasteiger partial charge in [0.2, 0.25) is 5.95 Å². The summed E-state index contributed by atoms with van der Waals surface area (Å²) in [5, 5.41) is 6.84. The van der Waals surface area contributed by atoms with Crippen LogP contribution in [0.15, 0.2) is 53.6 Å². The fourth-order valence-corrected chi connectivity index (χ4v) is 6.22. The number of hydrogen-bond donors (Lipinski definition) is 3. The number of halogens is 1. The summed E-state index contributed by atoms with van der Waals surface area (Å²) >= 11 is 6.46. The van der Waals surface area contributed by atoms with Crippen LogP contribution >= 0.6 is 11.6 Å². The lowest BCUT2D eigenvalue weighted by Crippen LogP contribution is -2.28. The highest BCUT2D eigenvalue weighted by Crippen LogP contribution is 2.34. The molecule has 1 saturated carbocycles. The minimum atomic E-state index is -1.36. The maximum atomic E-state index is 13.1. The van der Waals surface area contributed by atoms with Crippen molar-refractivity contribution in [3.8, 4) is 11.5 Å². The van der Waals surface area contributed by atoms with Gasteiger partial charge in [-0.15, -0.1) is 0 Å². The third-order valence-electron chi connectivity index (χ3n) is 6.86. The van der Waals surface area contributed by atoms with Gasteiger partial charge in [0, 0.05) is 25.2 Å². The van der Waals surface area contributed by atoms with E-state index in [0.29, 0.717) is 45.4 Å². The predicted molar refractivity (Wildman–Crippen MR) is 156 cm³/mol. The molecule has 0 amide bonds. The summed E-state index contributed by atoms with van der Waals surface area (Å²) in [6.07, 6.45) is 7.12. The van der Waals surface area contributed by atoms with Crippen LogP contribution in [-0.2, 0) is 11.0 Å². The van der Waals surface area contributed by atoms with Crippen LogP contribution in [0.1, 0.15) is 39.0 Å². The van der Waals surface area contributed by atoms with E-state index in [9.17, 15) is 4.21 Å². The maximum absolute atomic E-state index is 13.1. The normalized spacial score (nSPS) is 18.7. The zero-order chi connectivity index (χ0) is 27.2. The minimum absolute atomic E-state index is 0.169. The molecule has 0 radical (unpaired) electrons. The molecule has 3 N–H and O–H groups in total. The van der Waals surface area contributed by atoms with Crippen molar-refractivity contribution in [1.29, 1.82) is 0 Å². The Bertz CT molecular complexity index is 1310. The molecule has 5 rings (SSSR count). The van der Waals surface area contributed by atoms with Gasteiger partial charge in [0.05, 0.1) is 29.1 Å². The van der Waals surface area contributed by atoms with Crippen molar-refractivity contribution in [1.82, 2.24) is 19.6 Å². The molecular formula is C28H35ClN6O3S. The van der Waals surface area contributed by atoms with Crippen LogP contribution in [0.4, 0.5) is 23.1 Å². The van der Waals surface area contributed by atoms with E-state index >= 15 is 0 Å². The van der Waals surface area contributed by atoms with Crippen LogP contribution in [0.2, 0.25) is 5.02 Å². The number of rotatable bonds is 11. The molecule has 1 aromatic heterocycles. The number of ether oxygens (including phenoxy) is 2. The van der Waals surface area contributed by atoms with Gasteiger partial charge in [-0.05, 0) is 57.5 Å². The molecule has 2 fully saturated rings. The van der Waals surface area contributed by atoms with Crippen LogP contribution in [0, 0.1) is 0 Å². The van der Waals surface area contributed by atoms with E-state index in [1.807, 2.05) is 49.4 Å². The van der Waals surface area contributed by atoms with Gasteiger partial charge in [-0.1, -0.05) is 36.6 Å². The molecule has 11 heteroatoms. The SMILES string of the molecule is CCOc1cc(OC2CCN(C)C2)ccc1Nc1ncc(Cl)c(Nc2ccccc2S(=O)NC2CCCC2)n1. The predicted octanol–water partition coefficient (Wildman–Crippen LogP) is 5.65. The van der Waals surface area contributed by atoms with Gasteiger partial charge in [0.25, 0.3) is 0 Å². The molecule has 0 bridgehead atoms. The number of benzene rings is 2. The molecule has 2 unspecified atom stereocenters. The minimum Gasteiger partial charge on any atom is -0.492 e. The largest absolute Gasteiger partial charge is 0.492 e. The number of likely N-dealkylation sites (tertiary alicyclic amines) is 1. The lowest BCUT2D eigenvalue weighted by Gasteiger charge is -2.17. The molecule has 3 aromatic rings. The van der Waals surface area contributed by atoms with Crippen molar-refractivity contribution in [2.45, 2.75) is 56.1 Å². The second kappa shape index (κ2) is 13.0. The Morgan fingerprint density at radius 2 is 1.92 bits per heavy atom. The summed E-state index contributed by atoms with van der Waals surface area (Å²) in [4.78, 5) is 11.9. The van der Waals surface area contributed by atoms with Crippen molar-refractivity contribution < 1.29 is 13.7 Å². The highest BCUT2D eigenvalue weighted by atomic mass is 35.5. The Labute approximate surface area is 237 Å². The van der Waals surface area contributed by atoms with Gasteiger partial charge in [0.1, 0.15) is 33.6 Å². The fraction of sp³-hybridized carbons (Fsp3) is 0.429. The average molecular weight is 571 g/mol. The van der Waals surface area contributed by atoms with Crippen molar-refractivity contribution in [3.05, 3.63) is 53.7 Å². The van der Waals surface area contributed by atoms with Crippen LogP contribution < -0.4 is 24.8 Å².